The van der Waals surface area contributed by atoms with E-state index in [1.165, 1.54) is 7.11 Å². The average Bonchev–Trinajstić information content (AvgIpc) is 2.69. The molecule has 1 saturated heterocycles. The van der Waals surface area contributed by atoms with Crippen LogP contribution in [-0.4, -0.2) is 49.9 Å². The molecule has 140 valence electrons. The first kappa shape index (κ1) is 18.9. The molecule has 0 bridgehead atoms. The maximum atomic E-state index is 11.6. The summed E-state index contributed by atoms with van der Waals surface area (Å²) in [6, 6.07) is 7.39. The number of nitrogens with zero attached hydrogens (tertiary/aromatic N) is 2. The number of esters is 1. The molecule has 1 aromatic rings. The first-order valence-electron chi connectivity index (χ1n) is 9.01. The summed E-state index contributed by atoms with van der Waals surface area (Å²) >= 11 is 5.59. The van der Waals surface area contributed by atoms with Crippen molar-refractivity contribution in [3.63, 3.8) is 0 Å². The minimum absolute atomic E-state index is 0.164. The third-order valence-electron chi connectivity index (χ3n) is 5.34. The number of hydrogen-bond donors (Lipinski definition) is 0. The van der Waals surface area contributed by atoms with E-state index in [1.807, 2.05) is 18.2 Å². The molecule has 2 aliphatic heterocycles. The number of piperidine rings is 1. The molecule has 5 nitrogen and oxygen atoms in total. The van der Waals surface area contributed by atoms with Crippen molar-refractivity contribution >= 4 is 23.3 Å². The molecule has 0 amide bonds. The second-order valence-corrected chi connectivity index (χ2v) is 7.30. The molecule has 26 heavy (non-hydrogen) atoms. The maximum Gasteiger partial charge on any atom is 0.337 e. The van der Waals surface area contributed by atoms with Gasteiger partial charge < -0.3 is 14.5 Å². The van der Waals surface area contributed by atoms with Gasteiger partial charge in [-0.25, -0.2) is 4.79 Å². The number of rotatable bonds is 5. The lowest BCUT2D eigenvalue weighted by atomic mass is 9.73. The first-order valence-corrected chi connectivity index (χ1v) is 9.45. The summed E-state index contributed by atoms with van der Waals surface area (Å²) in [5.41, 5.74) is 4.27. The topological polar surface area (TPSA) is 51.1 Å². The fourth-order valence-corrected chi connectivity index (χ4v) is 3.78. The van der Waals surface area contributed by atoms with Crippen LogP contribution in [0.4, 0.5) is 0 Å². The molecule has 3 rings (SSSR count). The van der Waals surface area contributed by atoms with Gasteiger partial charge in [0.1, 0.15) is 6.61 Å². The van der Waals surface area contributed by atoms with Gasteiger partial charge in [0.2, 0.25) is 0 Å². The standard InChI is InChI=1S/C20H25ClN2O3/c1-25-19(24)17-6-4-16(5-7-17)18-14-20(15-26-22-18)8-12-23(13-9-20)11-3-2-10-21/h2,4-7,10H,3,8-9,11-15H2,1H3/b10-2+. The lowest BCUT2D eigenvalue weighted by Crippen LogP contribution is -2.45. The van der Waals surface area contributed by atoms with Gasteiger partial charge in [0.05, 0.1) is 18.4 Å². The lowest BCUT2D eigenvalue weighted by Gasteiger charge is -2.42. The maximum absolute atomic E-state index is 11.6. The van der Waals surface area contributed by atoms with E-state index in [0.717, 1.165) is 56.6 Å². The van der Waals surface area contributed by atoms with E-state index in [0.29, 0.717) is 12.2 Å². The number of hydrogen-bond acceptors (Lipinski definition) is 5. The molecule has 0 saturated carbocycles. The van der Waals surface area contributed by atoms with Gasteiger partial charge in [-0.2, -0.15) is 0 Å². The summed E-state index contributed by atoms with van der Waals surface area (Å²) in [6.45, 7) is 3.89. The van der Waals surface area contributed by atoms with Crippen molar-refractivity contribution in [1.29, 1.82) is 0 Å². The number of ether oxygens (including phenoxy) is 1. The number of halogens is 1. The van der Waals surface area contributed by atoms with Gasteiger partial charge in [-0.15, -0.1) is 0 Å². The van der Waals surface area contributed by atoms with E-state index in [4.69, 9.17) is 21.2 Å². The van der Waals surface area contributed by atoms with E-state index < -0.39 is 0 Å². The van der Waals surface area contributed by atoms with Crippen molar-refractivity contribution in [2.24, 2.45) is 10.6 Å². The van der Waals surface area contributed by atoms with Gasteiger partial charge in [-0.3, -0.25) is 0 Å². The van der Waals surface area contributed by atoms with Crippen LogP contribution in [0.15, 0.2) is 41.0 Å². The fraction of sp³-hybridized carbons (Fsp3) is 0.500. The average molecular weight is 377 g/mol. The largest absolute Gasteiger partial charge is 0.465 e. The Morgan fingerprint density at radius 1 is 1.35 bits per heavy atom. The highest BCUT2D eigenvalue weighted by Gasteiger charge is 2.39. The zero-order valence-electron chi connectivity index (χ0n) is 15.1. The van der Waals surface area contributed by atoms with Crippen molar-refractivity contribution in [1.82, 2.24) is 4.90 Å². The number of benzene rings is 1. The van der Waals surface area contributed by atoms with Crippen LogP contribution >= 0.6 is 11.6 Å². The molecule has 6 heteroatoms. The Morgan fingerprint density at radius 2 is 2.08 bits per heavy atom. The van der Waals surface area contributed by atoms with Crippen LogP contribution in [0.1, 0.15) is 41.6 Å². The monoisotopic (exact) mass is 376 g/mol. The van der Waals surface area contributed by atoms with Crippen LogP contribution in [0.5, 0.6) is 0 Å². The van der Waals surface area contributed by atoms with E-state index in [-0.39, 0.29) is 11.4 Å². The number of carbonyl (C=O) groups excluding carboxylic acids is 1. The second kappa shape index (κ2) is 8.69. The van der Waals surface area contributed by atoms with Crippen molar-refractivity contribution in [2.75, 3.05) is 33.4 Å². The predicted octanol–water partition coefficient (Wildman–Crippen LogP) is 3.82. The van der Waals surface area contributed by atoms with E-state index in [1.54, 1.807) is 17.7 Å². The van der Waals surface area contributed by atoms with Gasteiger partial charge in [0.25, 0.3) is 0 Å². The Hall–Kier alpha value is -1.85. The molecular formula is C20H25ClN2O3. The van der Waals surface area contributed by atoms with Crippen molar-refractivity contribution < 1.29 is 14.4 Å². The van der Waals surface area contributed by atoms with E-state index >= 15 is 0 Å². The van der Waals surface area contributed by atoms with E-state index in [2.05, 4.69) is 10.1 Å². The zero-order chi connectivity index (χ0) is 18.4. The molecule has 2 heterocycles. The van der Waals surface area contributed by atoms with Gasteiger partial charge >= 0.3 is 5.97 Å². The normalized spacial score (nSPS) is 20.0. The molecule has 1 aromatic carbocycles. The number of methoxy groups -OCH3 is 1. The molecule has 0 atom stereocenters. The second-order valence-electron chi connectivity index (χ2n) is 7.05. The zero-order valence-corrected chi connectivity index (χ0v) is 15.9. The quantitative estimate of drug-likeness (QED) is 0.733. The smallest absolute Gasteiger partial charge is 0.337 e. The number of oxime groups is 1. The first-order chi connectivity index (χ1) is 12.7. The van der Waals surface area contributed by atoms with Crippen LogP contribution in [0.2, 0.25) is 0 Å². The Labute approximate surface area is 159 Å². The highest BCUT2D eigenvalue weighted by Crippen LogP contribution is 2.39. The number of carbonyl (C=O) groups is 1. The van der Waals surface area contributed by atoms with Gasteiger partial charge in [0, 0.05) is 23.9 Å². The predicted molar refractivity (Wildman–Crippen MR) is 103 cm³/mol. The fourth-order valence-electron chi connectivity index (χ4n) is 3.65. The Morgan fingerprint density at radius 3 is 2.73 bits per heavy atom. The molecule has 0 aromatic heterocycles. The third-order valence-corrected chi connectivity index (χ3v) is 5.52. The molecule has 0 N–H and O–H groups in total. The lowest BCUT2D eigenvalue weighted by molar-refractivity contribution is -0.00653. The molecule has 2 aliphatic rings. The van der Waals surface area contributed by atoms with Gasteiger partial charge in [-0.05, 0) is 50.0 Å². The Kier molecular flexibility index (Phi) is 6.33. The minimum Gasteiger partial charge on any atom is -0.465 e. The Bertz CT molecular complexity index is 677. The van der Waals surface area contributed by atoms with Gasteiger partial charge in [0.15, 0.2) is 0 Å². The third kappa shape index (κ3) is 4.46. The van der Waals surface area contributed by atoms with Gasteiger partial charge in [-0.1, -0.05) is 35.0 Å². The molecule has 0 unspecified atom stereocenters. The SMILES string of the molecule is COC(=O)c1ccc(C2=NOCC3(CCN(CC/C=C/Cl)CC3)C2)cc1. The summed E-state index contributed by atoms with van der Waals surface area (Å²) < 4.78 is 4.75. The number of likely N-dealkylation sites (tertiary alicyclic amines) is 1. The molecule has 1 fully saturated rings. The summed E-state index contributed by atoms with van der Waals surface area (Å²) in [5, 5.41) is 4.29. The Balaban J connectivity index is 1.61. The summed E-state index contributed by atoms with van der Waals surface area (Å²) in [7, 11) is 1.39. The highest BCUT2D eigenvalue weighted by molar-refractivity contribution is 6.25. The molecular weight excluding hydrogens is 352 g/mol. The van der Waals surface area contributed by atoms with E-state index in [9.17, 15) is 4.79 Å². The molecule has 1 spiro atoms. The van der Waals surface area contributed by atoms with Crippen molar-refractivity contribution in [3.8, 4) is 0 Å². The summed E-state index contributed by atoms with van der Waals surface area (Å²) in [5.74, 6) is -0.328. The van der Waals surface area contributed by atoms with Crippen LogP contribution in [-0.2, 0) is 9.57 Å². The van der Waals surface area contributed by atoms with Crippen molar-refractivity contribution in [3.05, 3.63) is 47.0 Å². The molecule has 0 aliphatic carbocycles. The van der Waals surface area contributed by atoms with Crippen LogP contribution < -0.4 is 0 Å². The van der Waals surface area contributed by atoms with Crippen LogP contribution in [0, 0.1) is 5.41 Å². The molecule has 0 radical (unpaired) electrons. The highest BCUT2D eigenvalue weighted by atomic mass is 35.5. The summed E-state index contributed by atoms with van der Waals surface area (Å²) in [4.78, 5) is 19.7. The minimum atomic E-state index is -0.328. The van der Waals surface area contributed by atoms with Crippen molar-refractivity contribution in [2.45, 2.75) is 25.7 Å². The van der Waals surface area contributed by atoms with Crippen LogP contribution in [0.3, 0.4) is 0 Å². The van der Waals surface area contributed by atoms with Crippen LogP contribution in [0.25, 0.3) is 0 Å². The summed E-state index contributed by atoms with van der Waals surface area (Å²) in [6.07, 6.45) is 6.12.